The van der Waals surface area contributed by atoms with E-state index in [9.17, 15) is 18.0 Å². The van der Waals surface area contributed by atoms with E-state index in [1.807, 2.05) is 30.3 Å². The van der Waals surface area contributed by atoms with Gasteiger partial charge in [-0.15, -0.1) is 0 Å². The third kappa shape index (κ3) is 2.90. The van der Waals surface area contributed by atoms with Gasteiger partial charge in [-0.2, -0.15) is 13.2 Å². The Balaban J connectivity index is 2.07. The summed E-state index contributed by atoms with van der Waals surface area (Å²) >= 11 is 0. The van der Waals surface area contributed by atoms with Gasteiger partial charge < -0.3 is 0 Å². The number of benzene rings is 1. The van der Waals surface area contributed by atoms with Crippen LogP contribution >= 0.6 is 0 Å². The van der Waals surface area contributed by atoms with Gasteiger partial charge >= 0.3 is 6.18 Å². The minimum Gasteiger partial charge on any atom is -0.289 e. The van der Waals surface area contributed by atoms with Crippen LogP contribution in [0.2, 0.25) is 0 Å². The molecule has 1 aliphatic heterocycles. The van der Waals surface area contributed by atoms with Crippen molar-refractivity contribution < 1.29 is 18.0 Å². The number of halogens is 3. The number of carbonyl (C=O) groups excluding carboxylic acids is 1. The molecule has 2 nitrogen and oxygen atoms in total. The molecule has 1 aromatic carbocycles. The lowest BCUT2D eigenvalue weighted by molar-refractivity contribution is -0.176. The summed E-state index contributed by atoms with van der Waals surface area (Å²) in [6.45, 7) is 0.939. The summed E-state index contributed by atoms with van der Waals surface area (Å²) in [4.78, 5) is 12.9. The fourth-order valence-corrected chi connectivity index (χ4v) is 2.32. The van der Waals surface area contributed by atoms with Gasteiger partial charge in [0.15, 0.2) is 0 Å². The zero-order valence-electron chi connectivity index (χ0n) is 9.78. The van der Waals surface area contributed by atoms with Gasteiger partial charge in [0, 0.05) is 6.54 Å². The maximum atomic E-state index is 12.4. The second kappa shape index (κ2) is 5.10. The number of likely N-dealkylation sites (tertiary alicyclic amines) is 1. The molecule has 1 fully saturated rings. The van der Waals surface area contributed by atoms with Crippen LogP contribution in [-0.4, -0.2) is 29.4 Å². The summed E-state index contributed by atoms with van der Waals surface area (Å²) in [7, 11) is 0. The molecule has 18 heavy (non-hydrogen) atoms. The Morgan fingerprint density at radius 2 is 1.94 bits per heavy atom. The van der Waals surface area contributed by atoms with E-state index in [-0.39, 0.29) is 0 Å². The van der Waals surface area contributed by atoms with Crippen LogP contribution in [-0.2, 0) is 11.3 Å². The maximum absolute atomic E-state index is 12.4. The lowest BCUT2D eigenvalue weighted by Crippen LogP contribution is -2.42. The van der Waals surface area contributed by atoms with Crippen molar-refractivity contribution in [3.8, 4) is 0 Å². The first kappa shape index (κ1) is 13.1. The van der Waals surface area contributed by atoms with Crippen LogP contribution in [0.1, 0.15) is 18.4 Å². The van der Waals surface area contributed by atoms with Crippen molar-refractivity contribution in [1.29, 1.82) is 0 Å². The molecule has 1 aromatic rings. The first-order valence-corrected chi connectivity index (χ1v) is 5.87. The number of carbonyl (C=O) groups is 1. The number of alkyl halides is 3. The molecular weight excluding hydrogens is 243 g/mol. The van der Waals surface area contributed by atoms with E-state index >= 15 is 0 Å². The molecular formula is C13H14F3NO. The third-order valence-corrected chi connectivity index (χ3v) is 3.17. The highest BCUT2D eigenvalue weighted by Crippen LogP contribution is 2.27. The molecule has 0 amide bonds. The van der Waals surface area contributed by atoms with Crippen LogP contribution in [0.25, 0.3) is 0 Å². The van der Waals surface area contributed by atoms with Gasteiger partial charge in [0.1, 0.15) is 0 Å². The van der Waals surface area contributed by atoms with E-state index in [0.29, 0.717) is 25.9 Å². The van der Waals surface area contributed by atoms with Gasteiger partial charge in [-0.25, -0.2) is 0 Å². The highest BCUT2D eigenvalue weighted by atomic mass is 19.4. The molecule has 1 heterocycles. The molecule has 0 radical (unpaired) electrons. The monoisotopic (exact) mass is 257 g/mol. The predicted octanol–water partition coefficient (Wildman–Crippen LogP) is 2.78. The minimum atomic E-state index is -4.73. The number of rotatable bonds is 3. The summed E-state index contributed by atoms with van der Waals surface area (Å²) < 4.78 is 37.3. The van der Waals surface area contributed by atoms with Crippen molar-refractivity contribution in [1.82, 2.24) is 4.90 Å². The van der Waals surface area contributed by atoms with Crippen LogP contribution in [0.4, 0.5) is 13.2 Å². The molecule has 1 atom stereocenters. The molecule has 1 aliphatic rings. The minimum absolute atomic E-state index is 0.297. The van der Waals surface area contributed by atoms with Crippen molar-refractivity contribution >= 4 is 5.78 Å². The smallest absolute Gasteiger partial charge is 0.289 e. The Bertz CT molecular complexity index is 416. The van der Waals surface area contributed by atoms with E-state index in [1.54, 1.807) is 4.90 Å². The summed E-state index contributed by atoms with van der Waals surface area (Å²) in [5, 5.41) is 0. The lowest BCUT2D eigenvalue weighted by atomic mass is 10.1. The Kier molecular flexibility index (Phi) is 3.71. The van der Waals surface area contributed by atoms with Gasteiger partial charge in [-0.1, -0.05) is 30.3 Å². The SMILES string of the molecule is O=C(C1CCCN1Cc1ccccc1)C(F)(F)F. The second-order valence-electron chi connectivity index (χ2n) is 4.48. The Morgan fingerprint density at radius 1 is 1.28 bits per heavy atom. The van der Waals surface area contributed by atoms with E-state index < -0.39 is 18.0 Å². The average molecular weight is 257 g/mol. The molecule has 5 heteroatoms. The Labute approximate surface area is 103 Å². The highest BCUT2D eigenvalue weighted by Gasteiger charge is 2.46. The van der Waals surface area contributed by atoms with Gasteiger partial charge in [0.25, 0.3) is 5.78 Å². The van der Waals surface area contributed by atoms with Crippen LogP contribution in [0.5, 0.6) is 0 Å². The van der Waals surface area contributed by atoms with E-state index in [2.05, 4.69) is 0 Å². The first-order chi connectivity index (χ1) is 8.48. The number of hydrogen-bond acceptors (Lipinski definition) is 2. The predicted molar refractivity (Wildman–Crippen MR) is 60.9 cm³/mol. The van der Waals surface area contributed by atoms with Crippen molar-refractivity contribution in [2.75, 3.05) is 6.54 Å². The second-order valence-corrected chi connectivity index (χ2v) is 4.48. The summed E-state index contributed by atoms with van der Waals surface area (Å²) in [6.07, 6.45) is -3.80. The van der Waals surface area contributed by atoms with Gasteiger partial charge in [0.2, 0.25) is 0 Å². The Morgan fingerprint density at radius 3 is 2.56 bits per heavy atom. The number of nitrogens with zero attached hydrogens (tertiary/aromatic N) is 1. The van der Waals surface area contributed by atoms with Crippen molar-refractivity contribution in [3.05, 3.63) is 35.9 Å². The standard InChI is InChI=1S/C13H14F3NO/c14-13(15,16)12(18)11-7-4-8-17(11)9-10-5-2-1-3-6-10/h1-3,5-6,11H,4,7-9H2. The van der Waals surface area contributed by atoms with Crippen LogP contribution in [0, 0.1) is 0 Å². The first-order valence-electron chi connectivity index (χ1n) is 5.87. The normalized spacial score (nSPS) is 21.2. The molecule has 0 aromatic heterocycles. The molecule has 0 bridgehead atoms. The topological polar surface area (TPSA) is 20.3 Å². The van der Waals surface area contributed by atoms with E-state index in [0.717, 1.165) is 5.56 Å². The van der Waals surface area contributed by atoms with Gasteiger partial charge in [-0.05, 0) is 24.9 Å². The van der Waals surface area contributed by atoms with Crippen LogP contribution in [0.3, 0.4) is 0 Å². The fraction of sp³-hybridized carbons (Fsp3) is 0.462. The van der Waals surface area contributed by atoms with Crippen molar-refractivity contribution in [2.45, 2.75) is 31.6 Å². The lowest BCUT2D eigenvalue weighted by Gasteiger charge is -2.24. The van der Waals surface area contributed by atoms with E-state index in [1.165, 1.54) is 0 Å². The fourth-order valence-electron chi connectivity index (χ4n) is 2.32. The molecule has 0 spiro atoms. The summed E-state index contributed by atoms with van der Waals surface area (Å²) in [6, 6.07) is 8.23. The molecule has 2 rings (SSSR count). The van der Waals surface area contributed by atoms with Crippen molar-refractivity contribution in [2.24, 2.45) is 0 Å². The summed E-state index contributed by atoms with van der Waals surface area (Å²) in [5.41, 5.74) is 0.930. The zero-order valence-corrected chi connectivity index (χ0v) is 9.78. The van der Waals surface area contributed by atoms with Gasteiger partial charge in [0.05, 0.1) is 6.04 Å². The molecule has 0 N–H and O–H groups in total. The largest absolute Gasteiger partial charge is 0.451 e. The van der Waals surface area contributed by atoms with Crippen LogP contribution < -0.4 is 0 Å². The Hall–Kier alpha value is -1.36. The molecule has 0 aliphatic carbocycles. The molecule has 1 saturated heterocycles. The van der Waals surface area contributed by atoms with Crippen LogP contribution in [0.15, 0.2) is 30.3 Å². The average Bonchev–Trinajstić information content (AvgIpc) is 2.76. The van der Waals surface area contributed by atoms with Crippen molar-refractivity contribution in [3.63, 3.8) is 0 Å². The number of Topliss-reactive ketones (excluding diaryl/α,β-unsaturated/α-hetero) is 1. The molecule has 98 valence electrons. The molecule has 1 unspecified atom stereocenters. The summed E-state index contributed by atoms with van der Waals surface area (Å²) in [5.74, 6) is -1.61. The quantitative estimate of drug-likeness (QED) is 0.830. The number of ketones is 1. The number of hydrogen-bond donors (Lipinski definition) is 0. The maximum Gasteiger partial charge on any atom is 0.451 e. The third-order valence-electron chi connectivity index (χ3n) is 3.17. The van der Waals surface area contributed by atoms with Gasteiger partial charge in [-0.3, -0.25) is 9.69 Å². The van der Waals surface area contributed by atoms with E-state index in [4.69, 9.17) is 0 Å². The molecule has 0 saturated carbocycles. The zero-order chi connectivity index (χ0) is 13.2. The highest BCUT2D eigenvalue weighted by molar-refractivity contribution is 5.89.